The van der Waals surface area contributed by atoms with Crippen molar-refractivity contribution in [1.82, 2.24) is 19.4 Å². The van der Waals surface area contributed by atoms with E-state index < -0.39 is 11.5 Å². The molecule has 0 bridgehead atoms. The Bertz CT molecular complexity index is 895. The van der Waals surface area contributed by atoms with Gasteiger partial charge in [-0.25, -0.2) is 9.20 Å². The first-order valence-corrected chi connectivity index (χ1v) is 6.47. The summed E-state index contributed by atoms with van der Waals surface area (Å²) >= 11 is 0. The SMILES string of the molecule is COc1ccc(-c2cc3c(=O)n(CC(N)=O)ncn3n2)cc1. The molecule has 0 saturated heterocycles. The number of nitrogens with two attached hydrogens (primary N) is 1. The second-order valence-corrected chi connectivity index (χ2v) is 4.65. The second-order valence-electron chi connectivity index (χ2n) is 4.65. The third-order valence-electron chi connectivity index (χ3n) is 3.18. The van der Waals surface area contributed by atoms with Gasteiger partial charge in [-0.15, -0.1) is 0 Å². The fourth-order valence-electron chi connectivity index (χ4n) is 2.10. The van der Waals surface area contributed by atoms with Crippen molar-refractivity contribution < 1.29 is 9.53 Å². The van der Waals surface area contributed by atoms with Gasteiger partial charge in [0.05, 0.1) is 12.8 Å². The van der Waals surface area contributed by atoms with E-state index in [9.17, 15) is 9.59 Å². The molecule has 112 valence electrons. The summed E-state index contributed by atoms with van der Waals surface area (Å²) in [5, 5.41) is 8.17. The van der Waals surface area contributed by atoms with Gasteiger partial charge in [0.25, 0.3) is 5.56 Å². The molecule has 0 saturated carbocycles. The van der Waals surface area contributed by atoms with Crippen molar-refractivity contribution in [1.29, 1.82) is 0 Å². The predicted molar refractivity (Wildman–Crippen MR) is 78.4 cm³/mol. The van der Waals surface area contributed by atoms with Crippen molar-refractivity contribution in [2.75, 3.05) is 7.11 Å². The molecule has 3 rings (SSSR count). The molecule has 1 amide bonds. The van der Waals surface area contributed by atoms with Gasteiger partial charge in [0, 0.05) is 5.56 Å². The van der Waals surface area contributed by atoms with E-state index >= 15 is 0 Å². The highest BCUT2D eigenvalue weighted by Crippen LogP contribution is 2.21. The number of carbonyl (C=O) groups excluding carboxylic acids is 1. The highest BCUT2D eigenvalue weighted by molar-refractivity contribution is 5.73. The van der Waals surface area contributed by atoms with Gasteiger partial charge < -0.3 is 10.5 Å². The molecule has 1 aromatic carbocycles. The Balaban J connectivity index is 2.07. The lowest BCUT2D eigenvalue weighted by atomic mass is 10.1. The van der Waals surface area contributed by atoms with Crippen molar-refractivity contribution in [2.24, 2.45) is 5.73 Å². The number of hydrogen-bond acceptors (Lipinski definition) is 5. The molecule has 2 aromatic heterocycles. The van der Waals surface area contributed by atoms with E-state index in [2.05, 4.69) is 10.2 Å². The Labute approximate surface area is 124 Å². The number of amides is 1. The molecule has 0 aliphatic heterocycles. The summed E-state index contributed by atoms with van der Waals surface area (Å²) in [6, 6.07) is 8.95. The van der Waals surface area contributed by atoms with Gasteiger partial charge >= 0.3 is 0 Å². The van der Waals surface area contributed by atoms with Crippen molar-refractivity contribution in [3.63, 3.8) is 0 Å². The molecule has 22 heavy (non-hydrogen) atoms. The number of aromatic nitrogens is 4. The molecule has 0 atom stereocenters. The number of ether oxygens (including phenoxy) is 1. The molecule has 0 radical (unpaired) electrons. The standard InChI is InChI=1S/C14H13N5O3/c1-22-10-4-2-9(3-5-10)11-6-12-14(21)18(7-13(15)20)16-8-19(12)17-11/h2-6,8H,7H2,1H3,(H2,15,20). The summed E-state index contributed by atoms with van der Waals surface area (Å²) in [5.41, 5.74) is 6.45. The number of nitrogens with zero attached hydrogens (tertiary/aromatic N) is 4. The molecular weight excluding hydrogens is 286 g/mol. The van der Waals surface area contributed by atoms with Gasteiger partial charge in [-0.1, -0.05) is 0 Å². The van der Waals surface area contributed by atoms with E-state index in [4.69, 9.17) is 10.5 Å². The lowest BCUT2D eigenvalue weighted by Crippen LogP contribution is -2.30. The van der Waals surface area contributed by atoms with Gasteiger partial charge in [-0.3, -0.25) is 9.59 Å². The van der Waals surface area contributed by atoms with Crippen LogP contribution in [0, 0.1) is 0 Å². The normalized spacial score (nSPS) is 10.8. The first kappa shape index (κ1) is 13.8. The largest absolute Gasteiger partial charge is 0.497 e. The molecular formula is C14H13N5O3. The number of rotatable bonds is 4. The van der Waals surface area contributed by atoms with Gasteiger partial charge in [0.2, 0.25) is 5.91 Å². The molecule has 0 aliphatic rings. The van der Waals surface area contributed by atoms with Crippen LogP contribution in [0.2, 0.25) is 0 Å². The second kappa shape index (κ2) is 5.32. The Hall–Kier alpha value is -3.16. The minimum Gasteiger partial charge on any atom is -0.497 e. The van der Waals surface area contributed by atoms with Crippen molar-refractivity contribution >= 4 is 11.4 Å². The Morgan fingerprint density at radius 3 is 2.68 bits per heavy atom. The molecule has 0 fully saturated rings. The Kier molecular flexibility index (Phi) is 3.34. The van der Waals surface area contributed by atoms with Crippen molar-refractivity contribution in [2.45, 2.75) is 6.54 Å². The number of carbonyl (C=O) groups is 1. The molecule has 8 nitrogen and oxygen atoms in total. The zero-order valence-electron chi connectivity index (χ0n) is 11.8. The van der Waals surface area contributed by atoms with Gasteiger partial charge in [0.1, 0.15) is 24.1 Å². The highest BCUT2D eigenvalue weighted by atomic mass is 16.5. The maximum atomic E-state index is 12.2. The average molecular weight is 299 g/mol. The first-order chi connectivity index (χ1) is 10.6. The molecule has 3 aromatic rings. The van der Waals surface area contributed by atoms with Crippen LogP contribution in [0.1, 0.15) is 0 Å². The number of benzene rings is 1. The van der Waals surface area contributed by atoms with E-state index in [1.54, 1.807) is 13.2 Å². The van der Waals surface area contributed by atoms with Crippen LogP contribution in [0.5, 0.6) is 5.75 Å². The maximum Gasteiger partial charge on any atom is 0.293 e. The maximum absolute atomic E-state index is 12.2. The lowest BCUT2D eigenvalue weighted by molar-refractivity contribution is -0.118. The minimum absolute atomic E-state index is 0.265. The third kappa shape index (κ3) is 2.41. The summed E-state index contributed by atoms with van der Waals surface area (Å²) in [6.07, 6.45) is 1.37. The molecule has 0 aliphatic carbocycles. The number of hydrogen-bond donors (Lipinski definition) is 1. The summed E-state index contributed by atoms with van der Waals surface area (Å²) < 4.78 is 7.49. The van der Waals surface area contributed by atoms with Crippen LogP contribution in [-0.4, -0.2) is 32.4 Å². The molecule has 0 spiro atoms. The van der Waals surface area contributed by atoms with E-state index in [1.807, 2.05) is 24.3 Å². The fourth-order valence-corrected chi connectivity index (χ4v) is 2.10. The van der Waals surface area contributed by atoms with E-state index in [0.29, 0.717) is 11.2 Å². The topological polar surface area (TPSA) is 105 Å². The van der Waals surface area contributed by atoms with Crippen LogP contribution in [0.4, 0.5) is 0 Å². The smallest absolute Gasteiger partial charge is 0.293 e. The predicted octanol–water partition coefficient (Wildman–Crippen LogP) is 0.0519. The zero-order chi connectivity index (χ0) is 15.7. The van der Waals surface area contributed by atoms with Crippen LogP contribution >= 0.6 is 0 Å². The van der Waals surface area contributed by atoms with E-state index in [-0.39, 0.29) is 6.54 Å². The monoisotopic (exact) mass is 299 g/mol. The number of methoxy groups -OCH3 is 1. The van der Waals surface area contributed by atoms with E-state index in [1.165, 1.54) is 10.8 Å². The minimum atomic E-state index is -0.631. The van der Waals surface area contributed by atoms with Crippen molar-refractivity contribution in [3.05, 3.63) is 47.0 Å². The summed E-state index contributed by atoms with van der Waals surface area (Å²) in [5.74, 6) is 0.104. The lowest BCUT2D eigenvalue weighted by Gasteiger charge is -2.00. The quantitative estimate of drug-likeness (QED) is 0.733. The summed E-state index contributed by atoms with van der Waals surface area (Å²) in [7, 11) is 1.59. The van der Waals surface area contributed by atoms with Crippen LogP contribution in [0.15, 0.2) is 41.5 Å². The fraction of sp³-hybridized carbons (Fsp3) is 0.143. The van der Waals surface area contributed by atoms with Crippen molar-refractivity contribution in [3.8, 4) is 17.0 Å². The average Bonchev–Trinajstić information content (AvgIpc) is 2.95. The first-order valence-electron chi connectivity index (χ1n) is 6.47. The Morgan fingerprint density at radius 2 is 2.05 bits per heavy atom. The zero-order valence-corrected chi connectivity index (χ0v) is 11.8. The van der Waals surface area contributed by atoms with Gasteiger partial charge in [-0.2, -0.15) is 10.2 Å². The highest BCUT2D eigenvalue weighted by Gasteiger charge is 2.11. The summed E-state index contributed by atoms with van der Waals surface area (Å²) in [6.45, 7) is -0.265. The molecule has 8 heteroatoms. The van der Waals surface area contributed by atoms with Crippen LogP contribution in [-0.2, 0) is 11.3 Å². The number of primary amides is 1. The molecule has 2 N–H and O–H groups in total. The van der Waals surface area contributed by atoms with Crippen LogP contribution < -0.4 is 16.0 Å². The third-order valence-corrected chi connectivity index (χ3v) is 3.18. The van der Waals surface area contributed by atoms with Crippen LogP contribution in [0.25, 0.3) is 16.8 Å². The van der Waals surface area contributed by atoms with Gasteiger partial charge in [0.15, 0.2) is 0 Å². The number of fused-ring (bicyclic) bond motifs is 1. The van der Waals surface area contributed by atoms with Gasteiger partial charge in [-0.05, 0) is 30.3 Å². The van der Waals surface area contributed by atoms with Crippen LogP contribution in [0.3, 0.4) is 0 Å². The van der Waals surface area contributed by atoms with E-state index in [0.717, 1.165) is 16.0 Å². The Morgan fingerprint density at radius 1 is 1.32 bits per heavy atom. The molecule has 0 unspecified atom stereocenters. The molecule has 2 heterocycles. The summed E-state index contributed by atoms with van der Waals surface area (Å²) in [4.78, 5) is 23.2.